The first-order chi connectivity index (χ1) is 18.9. The van der Waals surface area contributed by atoms with E-state index in [1.54, 1.807) is 24.3 Å². The Morgan fingerprint density at radius 1 is 0.846 bits per heavy atom. The number of amides is 1. The summed E-state index contributed by atoms with van der Waals surface area (Å²) < 4.78 is 34.0. The number of para-hydroxylation sites is 1. The third kappa shape index (κ3) is 8.10. The van der Waals surface area contributed by atoms with Gasteiger partial charge in [0.25, 0.3) is 5.91 Å². The fourth-order valence-electron chi connectivity index (χ4n) is 3.87. The highest BCUT2D eigenvalue weighted by atomic mass is 32.2. The van der Waals surface area contributed by atoms with Gasteiger partial charge in [-0.3, -0.25) is 4.79 Å². The van der Waals surface area contributed by atoms with Crippen LogP contribution >= 0.6 is 0 Å². The number of ether oxygens (including phenoxy) is 1. The van der Waals surface area contributed by atoms with Gasteiger partial charge in [-0.2, -0.15) is 9.41 Å². The van der Waals surface area contributed by atoms with Crippen LogP contribution in [-0.4, -0.2) is 37.9 Å². The highest BCUT2D eigenvalue weighted by molar-refractivity contribution is 7.89. The Morgan fingerprint density at radius 3 is 2.15 bits per heavy atom. The molecule has 0 heterocycles. The molecule has 0 bridgehead atoms. The Hall–Kier alpha value is -4.27. The highest BCUT2D eigenvalue weighted by Gasteiger charge is 2.26. The number of hydrogen-bond acceptors (Lipinski definition) is 5. The van der Waals surface area contributed by atoms with E-state index in [4.69, 9.17) is 4.74 Å². The maximum absolute atomic E-state index is 13.4. The maximum Gasteiger partial charge on any atom is 0.255 e. The number of benzene rings is 4. The lowest BCUT2D eigenvalue weighted by Gasteiger charge is -2.21. The average Bonchev–Trinajstić information content (AvgIpc) is 2.96. The van der Waals surface area contributed by atoms with Crippen LogP contribution in [0.4, 0.5) is 0 Å². The number of hydrogen-bond donors (Lipinski definition) is 1. The molecule has 4 aromatic rings. The van der Waals surface area contributed by atoms with Crippen LogP contribution in [0.2, 0.25) is 0 Å². The topological polar surface area (TPSA) is 88.1 Å². The van der Waals surface area contributed by atoms with Crippen molar-refractivity contribution >= 4 is 22.1 Å². The standard InChI is InChI=1S/C31H31N3O4S/c1-25-16-18-29(19-17-25)39(36,37)34(21-20-26-10-4-2-5-11-26)23-31(35)33-32-22-28-14-8-9-15-30(28)38-24-27-12-6-3-7-13-27/h2-19,22H,20-21,23-24H2,1H3,(H,33,35). The summed E-state index contributed by atoms with van der Waals surface area (Å²) >= 11 is 0. The summed E-state index contributed by atoms with van der Waals surface area (Å²) in [6.07, 6.45) is 1.95. The molecule has 8 heteroatoms. The Balaban J connectivity index is 1.43. The lowest BCUT2D eigenvalue weighted by atomic mass is 10.1. The van der Waals surface area contributed by atoms with Crippen molar-refractivity contribution in [3.8, 4) is 5.75 Å². The van der Waals surface area contributed by atoms with Gasteiger partial charge in [0.2, 0.25) is 10.0 Å². The van der Waals surface area contributed by atoms with Crippen molar-refractivity contribution in [2.45, 2.75) is 24.8 Å². The molecule has 0 atom stereocenters. The first kappa shape index (κ1) is 27.8. The van der Waals surface area contributed by atoms with Gasteiger partial charge in [-0.05, 0) is 48.7 Å². The number of carbonyl (C=O) groups excluding carboxylic acids is 1. The number of aryl methyl sites for hydroxylation is 1. The number of nitrogens with one attached hydrogen (secondary N) is 1. The Labute approximate surface area is 229 Å². The lowest BCUT2D eigenvalue weighted by molar-refractivity contribution is -0.121. The molecule has 0 saturated heterocycles. The van der Waals surface area contributed by atoms with Gasteiger partial charge >= 0.3 is 0 Å². The van der Waals surface area contributed by atoms with Crippen molar-refractivity contribution in [1.29, 1.82) is 0 Å². The molecule has 0 unspecified atom stereocenters. The van der Waals surface area contributed by atoms with Gasteiger partial charge in [-0.25, -0.2) is 13.8 Å². The van der Waals surface area contributed by atoms with Gasteiger partial charge in [0, 0.05) is 12.1 Å². The predicted molar refractivity (Wildman–Crippen MR) is 153 cm³/mol. The van der Waals surface area contributed by atoms with Crippen LogP contribution < -0.4 is 10.2 Å². The van der Waals surface area contributed by atoms with E-state index in [9.17, 15) is 13.2 Å². The van der Waals surface area contributed by atoms with E-state index in [1.165, 1.54) is 10.5 Å². The largest absolute Gasteiger partial charge is 0.488 e. The van der Waals surface area contributed by atoms with Gasteiger partial charge in [-0.15, -0.1) is 0 Å². The van der Waals surface area contributed by atoms with Crippen molar-refractivity contribution in [3.05, 3.63) is 131 Å². The zero-order valence-electron chi connectivity index (χ0n) is 21.7. The van der Waals surface area contributed by atoms with E-state index in [1.807, 2.05) is 91.9 Å². The number of rotatable bonds is 12. The molecular formula is C31H31N3O4S. The molecule has 1 N–H and O–H groups in total. The summed E-state index contributed by atoms with van der Waals surface area (Å²) in [5.41, 5.74) is 6.10. The summed E-state index contributed by atoms with van der Waals surface area (Å²) in [6.45, 7) is 2.06. The van der Waals surface area contributed by atoms with E-state index >= 15 is 0 Å². The van der Waals surface area contributed by atoms with Crippen molar-refractivity contribution in [2.75, 3.05) is 13.1 Å². The molecular weight excluding hydrogens is 510 g/mol. The summed E-state index contributed by atoms with van der Waals surface area (Å²) in [4.78, 5) is 13.0. The second-order valence-corrected chi connectivity index (χ2v) is 10.9. The quantitative estimate of drug-likeness (QED) is 0.203. The molecule has 0 spiro atoms. The van der Waals surface area contributed by atoms with E-state index in [-0.39, 0.29) is 18.0 Å². The molecule has 0 aliphatic rings. The van der Waals surface area contributed by atoms with Gasteiger partial charge in [0.15, 0.2) is 0 Å². The lowest BCUT2D eigenvalue weighted by Crippen LogP contribution is -2.40. The van der Waals surface area contributed by atoms with Crippen LogP contribution in [0.5, 0.6) is 5.75 Å². The van der Waals surface area contributed by atoms with Crippen LogP contribution in [-0.2, 0) is 27.8 Å². The number of carbonyl (C=O) groups is 1. The van der Waals surface area contributed by atoms with Crippen LogP contribution in [0.1, 0.15) is 22.3 Å². The normalized spacial score (nSPS) is 11.5. The fraction of sp³-hybridized carbons (Fsp3) is 0.161. The molecule has 4 rings (SSSR count). The molecule has 39 heavy (non-hydrogen) atoms. The molecule has 0 aliphatic carbocycles. The minimum absolute atomic E-state index is 0.141. The predicted octanol–water partition coefficient (Wildman–Crippen LogP) is 4.96. The summed E-state index contributed by atoms with van der Waals surface area (Å²) in [7, 11) is -3.90. The first-order valence-corrected chi connectivity index (χ1v) is 14.0. The van der Waals surface area contributed by atoms with E-state index in [0.29, 0.717) is 24.3 Å². The third-order valence-corrected chi connectivity index (χ3v) is 7.88. The second-order valence-electron chi connectivity index (χ2n) is 8.99. The van der Waals surface area contributed by atoms with Crippen LogP contribution in [0.15, 0.2) is 119 Å². The smallest absolute Gasteiger partial charge is 0.255 e. The molecule has 7 nitrogen and oxygen atoms in total. The molecule has 0 aliphatic heterocycles. The number of hydrazone groups is 1. The van der Waals surface area contributed by atoms with Crippen molar-refractivity contribution in [3.63, 3.8) is 0 Å². The van der Waals surface area contributed by atoms with E-state index in [0.717, 1.165) is 16.7 Å². The summed E-state index contributed by atoms with van der Waals surface area (Å²) in [5.74, 6) is 0.0727. The second kappa shape index (κ2) is 13.5. The molecule has 200 valence electrons. The zero-order valence-corrected chi connectivity index (χ0v) is 22.6. The molecule has 0 aromatic heterocycles. The molecule has 4 aromatic carbocycles. The first-order valence-electron chi connectivity index (χ1n) is 12.6. The van der Waals surface area contributed by atoms with Crippen LogP contribution in [0.25, 0.3) is 0 Å². The Bertz CT molecular complexity index is 1490. The van der Waals surface area contributed by atoms with E-state index in [2.05, 4.69) is 10.5 Å². The number of nitrogens with zero attached hydrogens (tertiary/aromatic N) is 2. The summed E-state index contributed by atoms with van der Waals surface area (Å²) in [5, 5.41) is 4.07. The third-order valence-electron chi connectivity index (χ3n) is 6.02. The zero-order chi connectivity index (χ0) is 27.5. The van der Waals surface area contributed by atoms with E-state index < -0.39 is 15.9 Å². The molecule has 0 saturated carbocycles. The SMILES string of the molecule is Cc1ccc(S(=O)(=O)N(CCc2ccccc2)CC(=O)NN=Cc2ccccc2OCc2ccccc2)cc1. The van der Waals surface area contributed by atoms with Gasteiger partial charge in [0.1, 0.15) is 12.4 Å². The molecule has 0 radical (unpaired) electrons. The average molecular weight is 542 g/mol. The fourth-order valence-corrected chi connectivity index (χ4v) is 5.26. The molecule has 1 amide bonds. The minimum Gasteiger partial charge on any atom is -0.488 e. The van der Waals surface area contributed by atoms with Crippen LogP contribution in [0, 0.1) is 6.92 Å². The summed E-state index contributed by atoms with van der Waals surface area (Å²) in [6, 6.07) is 33.3. The Morgan fingerprint density at radius 2 is 1.46 bits per heavy atom. The Kier molecular flexibility index (Phi) is 9.61. The molecule has 0 fully saturated rings. The van der Waals surface area contributed by atoms with Crippen LogP contribution in [0.3, 0.4) is 0 Å². The minimum atomic E-state index is -3.90. The van der Waals surface area contributed by atoms with Gasteiger partial charge in [0.05, 0.1) is 17.7 Å². The monoisotopic (exact) mass is 541 g/mol. The van der Waals surface area contributed by atoms with Gasteiger partial charge in [-0.1, -0.05) is 90.5 Å². The van der Waals surface area contributed by atoms with Gasteiger partial charge < -0.3 is 4.74 Å². The maximum atomic E-state index is 13.4. The number of sulfonamides is 1. The highest BCUT2D eigenvalue weighted by Crippen LogP contribution is 2.19. The van der Waals surface area contributed by atoms with Crippen molar-refractivity contribution in [2.24, 2.45) is 5.10 Å². The van der Waals surface area contributed by atoms with Crippen molar-refractivity contribution in [1.82, 2.24) is 9.73 Å². The van der Waals surface area contributed by atoms with Crippen molar-refractivity contribution < 1.29 is 17.9 Å².